The quantitative estimate of drug-likeness (QED) is 0.734. The number of carbonyl (C=O) groups excluding carboxylic acids is 1. The molecule has 134 valence electrons. The Kier molecular flexibility index (Phi) is 5.23. The van der Waals surface area contributed by atoms with Gasteiger partial charge in [-0.15, -0.1) is 0 Å². The Morgan fingerprint density at radius 1 is 1.23 bits per heavy atom. The molecule has 3 rings (SSSR count). The summed E-state index contributed by atoms with van der Waals surface area (Å²) >= 11 is 5.98. The van der Waals surface area contributed by atoms with Crippen LogP contribution in [0, 0.1) is 5.82 Å². The number of amides is 2. The van der Waals surface area contributed by atoms with E-state index in [0.29, 0.717) is 10.8 Å². The van der Waals surface area contributed by atoms with E-state index in [2.05, 4.69) is 10.3 Å². The van der Waals surface area contributed by atoms with Crippen LogP contribution in [0.1, 0.15) is 17.4 Å². The summed E-state index contributed by atoms with van der Waals surface area (Å²) in [7, 11) is 3.50. The van der Waals surface area contributed by atoms with Gasteiger partial charge in [-0.3, -0.25) is 0 Å². The molecule has 0 aliphatic rings. The first-order valence-electron chi connectivity index (χ1n) is 7.98. The Bertz CT molecular complexity index is 910. The fourth-order valence-corrected chi connectivity index (χ4v) is 2.84. The number of nitrogens with one attached hydrogen (secondary N) is 1. The number of anilines is 1. The van der Waals surface area contributed by atoms with E-state index in [-0.39, 0.29) is 5.69 Å². The highest BCUT2D eigenvalue weighted by atomic mass is 35.5. The van der Waals surface area contributed by atoms with E-state index in [0.717, 1.165) is 5.56 Å². The second-order valence-electron chi connectivity index (χ2n) is 5.87. The molecule has 1 unspecified atom stereocenters. The van der Waals surface area contributed by atoms with Gasteiger partial charge < -0.3 is 14.8 Å². The van der Waals surface area contributed by atoms with E-state index in [9.17, 15) is 9.18 Å². The standard InChI is InChI=1S/C19H18ClFN4O/c1-24-12-11-22-18(24)17(13-7-9-14(20)10-8-13)25(2)19(26)23-16-6-4-3-5-15(16)21/h3-12,17H,1-2H3,(H,23,26). The molecule has 0 fully saturated rings. The number of nitrogens with zero attached hydrogens (tertiary/aromatic N) is 3. The largest absolute Gasteiger partial charge is 0.336 e. The summed E-state index contributed by atoms with van der Waals surface area (Å²) in [5.74, 6) is 0.188. The summed E-state index contributed by atoms with van der Waals surface area (Å²) in [4.78, 5) is 18.6. The predicted molar refractivity (Wildman–Crippen MR) is 99.7 cm³/mol. The number of aromatic nitrogens is 2. The third-order valence-electron chi connectivity index (χ3n) is 4.11. The van der Waals surface area contributed by atoms with Crippen LogP contribution in [-0.4, -0.2) is 27.5 Å². The highest BCUT2D eigenvalue weighted by molar-refractivity contribution is 6.30. The van der Waals surface area contributed by atoms with Gasteiger partial charge in [0.2, 0.25) is 0 Å². The van der Waals surface area contributed by atoms with E-state index >= 15 is 0 Å². The molecular formula is C19H18ClFN4O. The molecule has 1 atom stereocenters. The van der Waals surface area contributed by atoms with Crippen molar-refractivity contribution >= 4 is 23.3 Å². The number of hydrogen-bond acceptors (Lipinski definition) is 2. The first-order valence-corrected chi connectivity index (χ1v) is 8.36. The predicted octanol–water partition coefficient (Wildman–Crippen LogP) is 4.47. The third kappa shape index (κ3) is 3.70. The zero-order valence-electron chi connectivity index (χ0n) is 14.4. The van der Waals surface area contributed by atoms with Crippen molar-refractivity contribution < 1.29 is 9.18 Å². The molecule has 2 aromatic carbocycles. The molecule has 0 saturated heterocycles. The molecule has 1 heterocycles. The molecule has 1 N–H and O–H groups in total. The molecule has 3 aromatic rings. The molecule has 0 saturated carbocycles. The van der Waals surface area contributed by atoms with E-state index in [1.54, 1.807) is 43.7 Å². The van der Waals surface area contributed by atoms with Crippen molar-refractivity contribution in [1.29, 1.82) is 0 Å². The summed E-state index contributed by atoms with van der Waals surface area (Å²) in [6.07, 6.45) is 3.47. The summed E-state index contributed by atoms with van der Waals surface area (Å²) in [5, 5.41) is 3.20. The van der Waals surface area contributed by atoms with Gasteiger partial charge in [-0.05, 0) is 29.8 Å². The lowest BCUT2D eigenvalue weighted by atomic mass is 10.1. The lowest BCUT2D eigenvalue weighted by molar-refractivity contribution is 0.209. The Balaban J connectivity index is 1.93. The summed E-state index contributed by atoms with van der Waals surface area (Å²) in [6.45, 7) is 0. The number of halogens is 2. The van der Waals surface area contributed by atoms with Gasteiger partial charge in [0.15, 0.2) is 0 Å². The second kappa shape index (κ2) is 7.58. The van der Waals surface area contributed by atoms with Crippen molar-refractivity contribution in [3.8, 4) is 0 Å². The number of carbonyl (C=O) groups is 1. The monoisotopic (exact) mass is 372 g/mol. The fourth-order valence-electron chi connectivity index (χ4n) is 2.71. The molecular weight excluding hydrogens is 355 g/mol. The lowest BCUT2D eigenvalue weighted by Gasteiger charge is -2.28. The number of aryl methyl sites for hydroxylation is 1. The first kappa shape index (κ1) is 17.9. The van der Waals surface area contributed by atoms with Gasteiger partial charge in [0.1, 0.15) is 17.7 Å². The van der Waals surface area contributed by atoms with Gasteiger partial charge in [-0.25, -0.2) is 14.2 Å². The summed E-state index contributed by atoms with van der Waals surface area (Å²) < 4.78 is 15.7. The molecule has 0 radical (unpaired) electrons. The fraction of sp³-hybridized carbons (Fsp3) is 0.158. The van der Waals surface area contributed by atoms with E-state index < -0.39 is 17.9 Å². The van der Waals surface area contributed by atoms with Crippen LogP contribution in [0.25, 0.3) is 0 Å². The van der Waals surface area contributed by atoms with Crippen molar-refractivity contribution in [2.45, 2.75) is 6.04 Å². The van der Waals surface area contributed by atoms with Crippen molar-refractivity contribution in [2.24, 2.45) is 7.05 Å². The molecule has 0 bridgehead atoms. The number of urea groups is 1. The SMILES string of the molecule is CN(C(=O)Nc1ccccc1F)C(c1ccc(Cl)cc1)c1nccn1C. The molecule has 0 aliphatic heterocycles. The number of para-hydroxylation sites is 1. The number of imidazole rings is 1. The maximum Gasteiger partial charge on any atom is 0.322 e. The Morgan fingerprint density at radius 2 is 1.92 bits per heavy atom. The minimum Gasteiger partial charge on any atom is -0.336 e. The zero-order valence-corrected chi connectivity index (χ0v) is 15.1. The maximum atomic E-state index is 13.9. The van der Waals surface area contributed by atoms with Crippen LogP contribution in [0.4, 0.5) is 14.9 Å². The van der Waals surface area contributed by atoms with E-state index in [4.69, 9.17) is 11.6 Å². The van der Waals surface area contributed by atoms with Gasteiger partial charge in [-0.1, -0.05) is 35.9 Å². The number of hydrogen-bond donors (Lipinski definition) is 1. The summed E-state index contributed by atoms with van der Waals surface area (Å²) in [5.41, 5.74) is 0.967. The highest BCUT2D eigenvalue weighted by Gasteiger charge is 2.27. The number of benzene rings is 2. The minimum atomic E-state index is -0.491. The summed E-state index contributed by atoms with van der Waals surface area (Å²) in [6, 6.07) is 12.3. The molecule has 0 spiro atoms. The molecule has 26 heavy (non-hydrogen) atoms. The van der Waals surface area contributed by atoms with Gasteiger partial charge in [0, 0.05) is 31.5 Å². The van der Waals surface area contributed by atoms with Crippen LogP contribution in [0.15, 0.2) is 60.9 Å². The molecule has 0 aliphatic carbocycles. The lowest BCUT2D eigenvalue weighted by Crippen LogP contribution is -2.36. The van der Waals surface area contributed by atoms with E-state index in [1.807, 2.05) is 23.7 Å². The smallest absolute Gasteiger partial charge is 0.322 e. The average molecular weight is 373 g/mol. The van der Waals surface area contributed by atoms with Crippen LogP contribution in [0.3, 0.4) is 0 Å². The van der Waals surface area contributed by atoms with Crippen molar-refractivity contribution in [2.75, 3.05) is 12.4 Å². The van der Waals surface area contributed by atoms with Gasteiger partial charge in [0.25, 0.3) is 0 Å². The van der Waals surface area contributed by atoms with Gasteiger partial charge in [0.05, 0.1) is 5.69 Å². The Hall–Kier alpha value is -2.86. The van der Waals surface area contributed by atoms with Crippen molar-refractivity contribution in [3.05, 3.63) is 83.2 Å². The first-order chi connectivity index (χ1) is 12.5. The van der Waals surface area contributed by atoms with Crippen molar-refractivity contribution in [1.82, 2.24) is 14.5 Å². The topological polar surface area (TPSA) is 50.2 Å². The molecule has 2 amide bonds. The Labute approximate surface area is 156 Å². The normalized spacial score (nSPS) is 11.8. The molecule has 5 nitrogen and oxygen atoms in total. The van der Waals surface area contributed by atoms with Crippen molar-refractivity contribution in [3.63, 3.8) is 0 Å². The molecule has 7 heteroatoms. The average Bonchev–Trinajstić information content (AvgIpc) is 3.04. The highest BCUT2D eigenvalue weighted by Crippen LogP contribution is 2.28. The van der Waals surface area contributed by atoms with E-state index in [1.165, 1.54) is 17.0 Å². The van der Waals surface area contributed by atoms with Crippen LogP contribution in [-0.2, 0) is 7.05 Å². The maximum absolute atomic E-state index is 13.9. The zero-order chi connectivity index (χ0) is 18.7. The van der Waals surface area contributed by atoms with Crippen LogP contribution < -0.4 is 5.32 Å². The third-order valence-corrected chi connectivity index (χ3v) is 4.36. The number of rotatable bonds is 4. The Morgan fingerprint density at radius 3 is 2.54 bits per heavy atom. The van der Waals surface area contributed by atoms with Gasteiger partial charge in [-0.2, -0.15) is 0 Å². The van der Waals surface area contributed by atoms with Crippen LogP contribution in [0.2, 0.25) is 5.02 Å². The second-order valence-corrected chi connectivity index (χ2v) is 6.31. The minimum absolute atomic E-state index is 0.124. The molecule has 1 aromatic heterocycles. The van der Waals surface area contributed by atoms with Gasteiger partial charge >= 0.3 is 6.03 Å². The van der Waals surface area contributed by atoms with Crippen LogP contribution in [0.5, 0.6) is 0 Å². The van der Waals surface area contributed by atoms with Crippen LogP contribution >= 0.6 is 11.6 Å².